The summed E-state index contributed by atoms with van der Waals surface area (Å²) in [5, 5.41) is 40.0. The molecule has 2 atom stereocenters. The van der Waals surface area contributed by atoms with Crippen LogP contribution in [0.2, 0.25) is 0 Å². The Labute approximate surface area is 377 Å². The summed E-state index contributed by atoms with van der Waals surface area (Å²) in [6.07, 6.45) is 4.15. The average molecular weight is 883 g/mol. The third kappa shape index (κ3) is 12.3. The van der Waals surface area contributed by atoms with E-state index in [1.807, 2.05) is 42.5 Å². The summed E-state index contributed by atoms with van der Waals surface area (Å²) in [7, 11) is 0. The molecule has 2 aliphatic carbocycles. The van der Waals surface area contributed by atoms with E-state index < -0.39 is 73.2 Å². The molecule has 64 heavy (non-hydrogen) atoms. The molecule has 0 heterocycles. The van der Waals surface area contributed by atoms with Crippen LogP contribution in [0.3, 0.4) is 0 Å². The zero-order valence-corrected chi connectivity index (χ0v) is 39.5. The molecule has 0 spiro atoms. The van der Waals surface area contributed by atoms with E-state index in [9.17, 15) is 39.6 Å². The van der Waals surface area contributed by atoms with Gasteiger partial charge in [0.2, 0.25) is 0 Å². The molecule has 0 saturated carbocycles. The molecule has 0 fully saturated rings. The first-order valence-corrected chi connectivity index (χ1v) is 21.8. The first-order chi connectivity index (χ1) is 29.5. The number of hydrogen-bond acceptors (Lipinski definition) is 8. The summed E-state index contributed by atoms with van der Waals surface area (Å²) >= 11 is 0. The minimum Gasteiger partial charge on any atom is -0.481 e. The molecular weight excluding hydrogens is 817 g/mol. The van der Waals surface area contributed by atoms with Crippen LogP contribution in [0.5, 0.6) is 17.2 Å². The van der Waals surface area contributed by atoms with Crippen molar-refractivity contribution >= 4 is 23.9 Å². The van der Waals surface area contributed by atoms with E-state index in [4.69, 9.17) is 18.9 Å². The van der Waals surface area contributed by atoms with E-state index in [0.717, 1.165) is 27.8 Å². The van der Waals surface area contributed by atoms with Crippen LogP contribution in [0.4, 0.5) is 0 Å². The third-order valence-corrected chi connectivity index (χ3v) is 11.7. The van der Waals surface area contributed by atoms with E-state index in [0.29, 0.717) is 50.6 Å². The Morgan fingerprint density at radius 2 is 0.812 bits per heavy atom. The smallest absolute Gasteiger partial charge is 0.341 e. The van der Waals surface area contributed by atoms with E-state index in [2.05, 4.69) is 89.2 Å². The predicted molar refractivity (Wildman–Crippen MR) is 244 cm³/mol. The van der Waals surface area contributed by atoms with Crippen LogP contribution >= 0.6 is 0 Å². The highest BCUT2D eigenvalue weighted by atomic mass is 16.5. The summed E-state index contributed by atoms with van der Waals surface area (Å²) < 4.78 is 25.2. The maximum atomic E-state index is 12.2. The summed E-state index contributed by atoms with van der Waals surface area (Å²) in [6, 6.07) is 12.0. The molecule has 346 valence electrons. The Balaban J connectivity index is 2.01. The number of carboxylic acid groups (broad SMARTS) is 4. The first-order valence-electron chi connectivity index (χ1n) is 21.8. The van der Waals surface area contributed by atoms with Crippen LogP contribution in [0.25, 0.3) is 0 Å². The second-order valence-corrected chi connectivity index (χ2v) is 21.3. The van der Waals surface area contributed by atoms with Gasteiger partial charge in [-0.2, -0.15) is 0 Å². The van der Waals surface area contributed by atoms with Crippen molar-refractivity contribution < 1.29 is 58.6 Å². The van der Waals surface area contributed by atoms with Gasteiger partial charge in [-0.25, -0.2) is 19.2 Å². The van der Waals surface area contributed by atoms with Gasteiger partial charge >= 0.3 is 23.9 Å². The van der Waals surface area contributed by atoms with Crippen molar-refractivity contribution in [2.45, 2.75) is 131 Å². The second-order valence-electron chi connectivity index (χ2n) is 21.3. The molecule has 3 aromatic carbocycles. The van der Waals surface area contributed by atoms with Crippen LogP contribution in [0.1, 0.15) is 133 Å². The van der Waals surface area contributed by atoms with E-state index in [1.165, 1.54) is 0 Å². The first kappa shape index (κ1) is 49.4. The standard InChI is InChI=1S/C52H66O12/c1-49(2,3)37-17-29-13-31-19-38(50(4,5)6)21-33(46(31)62-26-42(55)56)15-35-23-40(52(10,11)12)24-36(48(35)64-28-44(59)60)16-34-22-39(51(7,8)9)20-32(47(34)63-27-43(57)58)14-30(18-37)45(29)61-25-41(53)54/h17-24,29,45H,13-16,25-28H2,1-12H3,(H,53,54)(H,55,56)(H,57,58)(H,59,60). The fourth-order valence-corrected chi connectivity index (χ4v) is 8.31. The monoisotopic (exact) mass is 882 g/mol. The number of benzene rings is 3. The van der Waals surface area contributed by atoms with Crippen molar-refractivity contribution in [3.05, 3.63) is 110 Å². The highest BCUT2D eigenvalue weighted by Gasteiger charge is 2.36. The SMILES string of the molecule is CC(C)(C)C1=CC2Cc3cc(C(C)(C)C)cc(c3OCC(=O)O)Cc3cc(C(C)(C)C)cc(c3OCC(=O)O)Cc3cc(C(C)(C)C)cc(c3OCC(=O)O)CC(=C1)C2OCC(=O)O. The van der Waals surface area contributed by atoms with E-state index in [-0.39, 0.29) is 36.5 Å². The van der Waals surface area contributed by atoms with Gasteiger partial charge < -0.3 is 39.4 Å². The fourth-order valence-electron chi connectivity index (χ4n) is 8.31. The normalized spacial score (nSPS) is 16.9. The van der Waals surface area contributed by atoms with Gasteiger partial charge in [0.1, 0.15) is 23.9 Å². The summed E-state index contributed by atoms with van der Waals surface area (Å²) in [4.78, 5) is 48.9. The molecule has 12 nitrogen and oxygen atoms in total. The minimum absolute atomic E-state index is 0.154. The highest BCUT2D eigenvalue weighted by Crippen LogP contribution is 2.45. The average Bonchev–Trinajstić information content (AvgIpc) is 3.13. The molecule has 12 heteroatoms. The van der Waals surface area contributed by atoms with Gasteiger partial charge in [-0.3, -0.25) is 0 Å². The molecule has 0 radical (unpaired) electrons. The Kier molecular flexibility index (Phi) is 14.5. The molecule has 3 aromatic rings. The van der Waals surface area contributed by atoms with Gasteiger partial charge in [-0.05, 0) is 95.7 Å². The number of ether oxygens (including phenoxy) is 4. The van der Waals surface area contributed by atoms with Crippen molar-refractivity contribution in [1.29, 1.82) is 0 Å². The van der Waals surface area contributed by atoms with Crippen molar-refractivity contribution in [2.24, 2.45) is 11.3 Å². The van der Waals surface area contributed by atoms with Gasteiger partial charge in [-0.1, -0.05) is 132 Å². The van der Waals surface area contributed by atoms with Crippen molar-refractivity contribution in [3.8, 4) is 17.2 Å². The van der Waals surface area contributed by atoms with Crippen LogP contribution in [0.15, 0.2) is 59.7 Å². The molecule has 2 aliphatic rings. The van der Waals surface area contributed by atoms with Gasteiger partial charge in [-0.15, -0.1) is 0 Å². The van der Waals surface area contributed by atoms with Crippen molar-refractivity contribution in [3.63, 3.8) is 0 Å². The van der Waals surface area contributed by atoms with E-state index >= 15 is 0 Å². The number of carbonyl (C=O) groups is 4. The molecular formula is C52H66O12. The Morgan fingerprint density at radius 3 is 1.14 bits per heavy atom. The predicted octanol–water partition coefficient (Wildman–Crippen LogP) is 9.25. The number of carboxylic acids is 4. The third-order valence-electron chi connectivity index (χ3n) is 11.7. The topological polar surface area (TPSA) is 186 Å². The molecule has 0 saturated heterocycles. The van der Waals surface area contributed by atoms with Gasteiger partial charge in [0.05, 0.1) is 6.10 Å². The lowest BCUT2D eigenvalue weighted by Gasteiger charge is -2.36. The molecule has 2 unspecified atom stereocenters. The molecule has 4 N–H and O–H groups in total. The molecule has 5 rings (SSSR count). The Bertz CT molecular complexity index is 2350. The van der Waals surface area contributed by atoms with Crippen LogP contribution in [0, 0.1) is 11.3 Å². The molecule has 0 amide bonds. The number of rotatable bonds is 12. The summed E-state index contributed by atoms with van der Waals surface area (Å²) in [5.74, 6) is -4.10. The zero-order chi connectivity index (χ0) is 47.7. The molecule has 0 aliphatic heterocycles. The van der Waals surface area contributed by atoms with Crippen LogP contribution in [-0.4, -0.2) is 76.8 Å². The lowest BCUT2D eigenvalue weighted by atomic mass is 9.73. The highest BCUT2D eigenvalue weighted by molar-refractivity contribution is 5.70. The second kappa shape index (κ2) is 18.8. The number of aliphatic carboxylic acids is 4. The van der Waals surface area contributed by atoms with Crippen LogP contribution in [-0.2, 0) is 65.8 Å². The largest absolute Gasteiger partial charge is 0.481 e. The van der Waals surface area contributed by atoms with Gasteiger partial charge in [0.25, 0.3) is 0 Å². The summed E-state index contributed by atoms with van der Waals surface area (Å²) in [6.45, 7) is 22.5. The van der Waals surface area contributed by atoms with Gasteiger partial charge in [0, 0.05) is 18.8 Å². The lowest BCUT2D eigenvalue weighted by molar-refractivity contribution is -0.144. The van der Waals surface area contributed by atoms with Crippen molar-refractivity contribution in [1.82, 2.24) is 0 Å². The van der Waals surface area contributed by atoms with E-state index in [1.54, 1.807) is 0 Å². The fraction of sp³-hybridized carbons (Fsp3) is 0.500. The molecule has 8 bridgehead atoms. The maximum absolute atomic E-state index is 12.2. The number of fused-ring (bicyclic) bond motifs is 8. The van der Waals surface area contributed by atoms with Crippen molar-refractivity contribution in [2.75, 3.05) is 26.4 Å². The zero-order valence-electron chi connectivity index (χ0n) is 39.5. The van der Waals surface area contributed by atoms with Crippen LogP contribution < -0.4 is 14.2 Å². The van der Waals surface area contributed by atoms with Gasteiger partial charge in [0.15, 0.2) is 19.8 Å². The lowest BCUT2D eigenvalue weighted by Crippen LogP contribution is -2.34. The summed E-state index contributed by atoms with van der Waals surface area (Å²) in [5.41, 5.74) is 6.96. The maximum Gasteiger partial charge on any atom is 0.341 e. The number of hydrogen-bond donors (Lipinski definition) is 4. The Hall–Kier alpha value is -5.62. The Morgan fingerprint density at radius 1 is 0.484 bits per heavy atom. The molecule has 0 aromatic heterocycles. The number of allylic oxidation sites excluding steroid dienone is 2. The quantitative estimate of drug-likeness (QED) is 0.135. The minimum atomic E-state index is -1.17.